The Morgan fingerprint density at radius 1 is 0.571 bits per heavy atom. The number of rotatable bonds is 38. The molecule has 1 N–H and O–H groups in total. The molecule has 10 heteroatoms. The maximum Gasteiger partial charge on any atom is 0.472 e. The van der Waals surface area contributed by atoms with E-state index in [9.17, 15) is 19.0 Å². The summed E-state index contributed by atoms with van der Waals surface area (Å²) in [5, 5.41) is 0. The van der Waals surface area contributed by atoms with Gasteiger partial charge in [-0.3, -0.25) is 18.6 Å². The number of allylic oxidation sites excluding steroid dienone is 12. The van der Waals surface area contributed by atoms with Crippen LogP contribution in [0.25, 0.3) is 0 Å². The third-order valence-electron chi connectivity index (χ3n) is 8.72. The third-order valence-corrected chi connectivity index (χ3v) is 9.70. The molecule has 1 unspecified atom stereocenters. The van der Waals surface area contributed by atoms with Crippen LogP contribution in [0.2, 0.25) is 0 Å². The molecule has 0 fully saturated rings. The first-order chi connectivity index (χ1) is 27.0. The molecule has 2 atom stereocenters. The van der Waals surface area contributed by atoms with Gasteiger partial charge < -0.3 is 18.9 Å². The molecule has 0 bridgehead atoms. The summed E-state index contributed by atoms with van der Waals surface area (Å²) < 4.78 is 34.2. The van der Waals surface area contributed by atoms with E-state index < -0.39 is 32.5 Å². The monoisotopic (exact) mass is 807 g/mol. The number of hydrogen-bond acceptors (Lipinski definition) is 7. The molecule has 0 amide bonds. The van der Waals surface area contributed by atoms with Crippen LogP contribution in [0.4, 0.5) is 0 Å². The summed E-state index contributed by atoms with van der Waals surface area (Å²) in [5.74, 6) is -0.875. The lowest BCUT2D eigenvalue weighted by Crippen LogP contribution is -2.37. The lowest BCUT2D eigenvalue weighted by Gasteiger charge is -2.24. The van der Waals surface area contributed by atoms with E-state index in [0.29, 0.717) is 23.9 Å². The Bertz CT molecular complexity index is 1180. The Hall–Kier alpha value is -2.55. The lowest BCUT2D eigenvalue weighted by molar-refractivity contribution is -0.870. The van der Waals surface area contributed by atoms with Crippen molar-refractivity contribution in [3.8, 4) is 0 Å². The number of nitrogens with zero attached hydrogens (tertiary/aromatic N) is 1. The first-order valence-electron chi connectivity index (χ1n) is 21.7. The van der Waals surface area contributed by atoms with Crippen molar-refractivity contribution in [1.82, 2.24) is 0 Å². The highest BCUT2D eigenvalue weighted by Gasteiger charge is 2.27. The fourth-order valence-electron chi connectivity index (χ4n) is 5.32. The van der Waals surface area contributed by atoms with Crippen LogP contribution < -0.4 is 0 Å². The molecule has 0 spiro atoms. The van der Waals surface area contributed by atoms with E-state index in [0.717, 1.165) is 57.8 Å². The maximum absolute atomic E-state index is 12.7. The third kappa shape index (κ3) is 41.1. The van der Waals surface area contributed by atoms with Gasteiger partial charge in [-0.15, -0.1) is 0 Å². The highest BCUT2D eigenvalue weighted by atomic mass is 31.2. The number of unbranched alkanes of at least 4 members (excludes halogenated alkanes) is 12. The van der Waals surface area contributed by atoms with Gasteiger partial charge in [0.15, 0.2) is 6.10 Å². The first-order valence-corrected chi connectivity index (χ1v) is 23.2. The number of phosphoric ester groups is 1. The topological polar surface area (TPSA) is 108 Å². The van der Waals surface area contributed by atoms with Gasteiger partial charge in [0, 0.05) is 12.8 Å². The number of esters is 2. The summed E-state index contributed by atoms with van der Waals surface area (Å²) in [6.07, 6.45) is 46.7. The minimum atomic E-state index is -4.39. The second kappa shape index (κ2) is 38.0. The molecule has 0 aliphatic carbocycles. The average molecular weight is 807 g/mol. The predicted molar refractivity (Wildman–Crippen MR) is 233 cm³/mol. The second-order valence-corrected chi connectivity index (χ2v) is 16.8. The number of hydrogen-bond donors (Lipinski definition) is 1. The van der Waals surface area contributed by atoms with Crippen molar-refractivity contribution < 1.29 is 42.1 Å². The van der Waals surface area contributed by atoms with Gasteiger partial charge in [0.05, 0.1) is 27.7 Å². The van der Waals surface area contributed by atoms with Gasteiger partial charge in [0.25, 0.3) is 0 Å². The minimum absolute atomic E-state index is 0.0192. The molecule has 0 saturated carbocycles. The van der Waals surface area contributed by atoms with Crippen molar-refractivity contribution in [2.75, 3.05) is 47.5 Å². The smallest absolute Gasteiger partial charge is 0.462 e. The molecule has 0 aromatic carbocycles. The van der Waals surface area contributed by atoms with E-state index in [1.807, 2.05) is 21.1 Å². The molecule has 0 aromatic heterocycles. The number of phosphoric acid groups is 1. The van der Waals surface area contributed by atoms with Crippen molar-refractivity contribution in [3.63, 3.8) is 0 Å². The van der Waals surface area contributed by atoms with Gasteiger partial charge in [-0.05, 0) is 70.6 Å². The van der Waals surface area contributed by atoms with Crippen molar-refractivity contribution in [3.05, 3.63) is 72.9 Å². The van der Waals surface area contributed by atoms with Crippen LogP contribution >= 0.6 is 7.82 Å². The molecular formula is C46H81NO8P+. The van der Waals surface area contributed by atoms with E-state index >= 15 is 0 Å². The minimum Gasteiger partial charge on any atom is -0.462 e. The van der Waals surface area contributed by atoms with Crippen LogP contribution in [-0.4, -0.2) is 74.9 Å². The number of carbonyl (C=O) groups is 2. The Balaban J connectivity index is 4.47. The van der Waals surface area contributed by atoms with E-state index in [1.54, 1.807) is 0 Å². The highest BCUT2D eigenvalue weighted by Crippen LogP contribution is 2.43. The Morgan fingerprint density at radius 2 is 1.04 bits per heavy atom. The molecule has 0 aromatic rings. The zero-order valence-electron chi connectivity index (χ0n) is 36.1. The fourth-order valence-corrected chi connectivity index (χ4v) is 6.06. The molecule has 0 saturated heterocycles. The van der Waals surface area contributed by atoms with Crippen LogP contribution in [0.3, 0.4) is 0 Å². The molecular weight excluding hydrogens is 725 g/mol. The Morgan fingerprint density at radius 3 is 1.59 bits per heavy atom. The van der Waals surface area contributed by atoms with Crippen LogP contribution in [0, 0.1) is 0 Å². The van der Waals surface area contributed by atoms with Crippen molar-refractivity contribution >= 4 is 19.8 Å². The normalized spacial score (nSPS) is 14.3. The number of quaternary nitrogens is 1. The van der Waals surface area contributed by atoms with Crippen molar-refractivity contribution in [1.29, 1.82) is 0 Å². The highest BCUT2D eigenvalue weighted by molar-refractivity contribution is 7.47. The Labute approximate surface area is 342 Å². The first kappa shape index (κ1) is 53.5. The van der Waals surface area contributed by atoms with Crippen LogP contribution in [0.15, 0.2) is 72.9 Å². The van der Waals surface area contributed by atoms with Gasteiger partial charge in [-0.25, -0.2) is 4.57 Å². The van der Waals surface area contributed by atoms with E-state index in [4.69, 9.17) is 18.5 Å². The summed E-state index contributed by atoms with van der Waals surface area (Å²) >= 11 is 0. The molecule has 322 valence electrons. The van der Waals surface area contributed by atoms with Crippen molar-refractivity contribution in [2.45, 2.75) is 161 Å². The molecule has 0 radical (unpaired) electrons. The summed E-state index contributed by atoms with van der Waals surface area (Å²) in [6, 6.07) is 0. The summed E-state index contributed by atoms with van der Waals surface area (Å²) in [5.41, 5.74) is 0. The second-order valence-electron chi connectivity index (χ2n) is 15.3. The molecule has 9 nitrogen and oxygen atoms in total. The standard InChI is InChI=1S/C46H80NO8P/c1-6-8-10-12-14-16-18-20-22-23-25-26-28-30-32-34-36-38-45(48)52-42-44(43-54-56(50,51)53-41-40-47(3,4)5)55-46(49)39-37-35-33-31-29-27-24-21-19-17-15-13-11-9-7-2/h8,10,13-16,20,22,25-26,30,32,44H,6-7,9,11-12,17-19,21,23-24,27-29,31,33-43H2,1-5H3/p+1/b10-8+,15-13+,16-14+,22-20+,26-25+,32-30+/t44-/m1/s1. The zero-order chi connectivity index (χ0) is 41.4. The van der Waals surface area contributed by atoms with Gasteiger partial charge in [0.1, 0.15) is 19.8 Å². The van der Waals surface area contributed by atoms with Gasteiger partial charge in [0.2, 0.25) is 0 Å². The molecule has 0 aliphatic heterocycles. The summed E-state index contributed by atoms with van der Waals surface area (Å²) in [4.78, 5) is 35.3. The summed E-state index contributed by atoms with van der Waals surface area (Å²) in [7, 11) is 1.43. The molecule has 56 heavy (non-hydrogen) atoms. The number of ether oxygens (including phenoxy) is 2. The van der Waals surface area contributed by atoms with Crippen molar-refractivity contribution in [2.24, 2.45) is 0 Å². The maximum atomic E-state index is 12.7. The molecule has 0 aliphatic rings. The summed E-state index contributed by atoms with van der Waals surface area (Å²) in [6.45, 7) is 4.19. The fraction of sp³-hybridized carbons (Fsp3) is 0.696. The largest absolute Gasteiger partial charge is 0.472 e. The van der Waals surface area contributed by atoms with Crippen LogP contribution in [-0.2, 0) is 32.7 Å². The molecule has 0 heterocycles. The lowest BCUT2D eigenvalue weighted by atomic mass is 10.1. The van der Waals surface area contributed by atoms with Crippen LogP contribution in [0.5, 0.6) is 0 Å². The van der Waals surface area contributed by atoms with Gasteiger partial charge in [-0.1, -0.05) is 145 Å². The van der Waals surface area contributed by atoms with E-state index in [2.05, 4.69) is 86.8 Å². The van der Waals surface area contributed by atoms with E-state index in [-0.39, 0.29) is 26.1 Å². The van der Waals surface area contributed by atoms with Crippen LogP contribution in [0.1, 0.15) is 155 Å². The number of likely N-dealkylation sites (N-methyl/N-ethyl adjacent to an activating group) is 1. The van der Waals surface area contributed by atoms with E-state index in [1.165, 1.54) is 57.8 Å². The average Bonchev–Trinajstić information content (AvgIpc) is 3.15. The number of carbonyl (C=O) groups excluding carboxylic acids is 2. The van der Waals surface area contributed by atoms with Gasteiger partial charge >= 0.3 is 19.8 Å². The predicted octanol–water partition coefficient (Wildman–Crippen LogP) is 12.2. The quantitative estimate of drug-likeness (QED) is 0.0216. The Kier molecular flexibility index (Phi) is 36.3. The molecule has 0 rings (SSSR count). The SMILES string of the molecule is CC/C=C/C/C=C/C/C=C/C/C=C/C/C=C/CCCC(=O)OC[C@H](COP(=O)(O)OCC[N+](C)(C)C)OC(=O)CCCCCCCCCCC/C=C/CCCC. The zero-order valence-corrected chi connectivity index (χ0v) is 37.0. The van der Waals surface area contributed by atoms with Gasteiger partial charge in [-0.2, -0.15) is 0 Å².